The third kappa shape index (κ3) is 4.42. The Morgan fingerprint density at radius 1 is 1.23 bits per heavy atom. The molecule has 1 amide bonds. The van der Waals surface area contributed by atoms with Gasteiger partial charge in [0.05, 0.1) is 17.0 Å². The highest BCUT2D eigenvalue weighted by atomic mass is 19.1. The summed E-state index contributed by atoms with van der Waals surface area (Å²) in [6, 6.07) is 5.70. The van der Waals surface area contributed by atoms with Crippen LogP contribution in [0.15, 0.2) is 24.7 Å². The number of nitrogens with zero attached hydrogens (tertiary/aromatic N) is 7. The van der Waals surface area contributed by atoms with Crippen molar-refractivity contribution in [2.75, 3.05) is 49.2 Å². The van der Waals surface area contributed by atoms with Crippen LogP contribution in [0.5, 0.6) is 0 Å². The second-order valence-electron chi connectivity index (χ2n) is 10.1. The van der Waals surface area contributed by atoms with Crippen LogP contribution in [0.25, 0.3) is 0 Å². The van der Waals surface area contributed by atoms with Crippen LogP contribution in [-0.4, -0.2) is 65.2 Å². The summed E-state index contributed by atoms with van der Waals surface area (Å²) in [5.41, 5.74) is 0.636. The monoisotopic (exact) mass is 479 g/mol. The van der Waals surface area contributed by atoms with Gasteiger partial charge < -0.3 is 14.7 Å². The predicted molar refractivity (Wildman–Crippen MR) is 133 cm³/mol. The maximum Gasteiger partial charge on any atom is 0.230 e. The molecule has 2 aromatic rings. The summed E-state index contributed by atoms with van der Waals surface area (Å²) in [7, 11) is 0. The number of pyridine rings is 1. The van der Waals surface area contributed by atoms with Crippen LogP contribution in [0, 0.1) is 16.7 Å². The first-order valence-corrected chi connectivity index (χ1v) is 12.4. The largest absolute Gasteiger partial charge is 0.355 e. The maximum atomic E-state index is 13.5. The van der Waals surface area contributed by atoms with Gasteiger partial charge in [-0.15, -0.1) is 0 Å². The first-order valence-electron chi connectivity index (χ1n) is 12.4. The van der Waals surface area contributed by atoms with E-state index in [2.05, 4.69) is 32.8 Å². The van der Waals surface area contributed by atoms with Gasteiger partial charge in [0.2, 0.25) is 5.91 Å². The molecule has 0 N–H and O–H groups in total. The second-order valence-corrected chi connectivity index (χ2v) is 10.1. The Morgan fingerprint density at radius 3 is 2.60 bits per heavy atom. The van der Waals surface area contributed by atoms with E-state index >= 15 is 0 Å². The number of hydrogen-bond donors (Lipinski definition) is 0. The van der Waals surface area contributed by atoms with Gasteiger partial charge in [-0.3, -0.25) is 4.79 Å². The molecule has 0 saturated heterocycles. The second kappa shape index (κ2) is 9.76. The summed E-state index contributed by atoms with van der Waals surface area (Å²) in [6.07, 6.45) is 6.50. The highest BCUT2D eigenvalue weighted by Gasteiger charge is 2.51. The maximum absolute atomic E-state index is 13.5. The summed E-state index contributed by atoms with van der Waals surface area (Å²) in [5.74, 6) is 2.29. The molecule has 1 aliphatic heterocycles. The number of nitriles is 1. The van der Waals surface area contributed by atoms with E-state index in [-0.39, 0.29) is 11.3 Å². The smallest absolute Gasteiger partial charge is 0.230 e. The van der Waals surface area contributed by atoms with Crippen molar-refractivity contribution in [3.8, 4) is 6.07 Å². The Kier molecular flexibility index (Phi) is 6.93. The summed E-state index contributed by atoms with van der Waals surface area (Å²) >= 11 is 0. The molecule has 1 aliphatic carbocycles. The average Bonchev–Trinajstić information content (AvgIpc) is 3.23. The highest BCUT2D eigenvalue weighted by molar-refractivity contribution is 5.82. The number of rotatable bonds is 9. The third-order valence-corrected chi connectivity index (χ3v) is 7.42. The average molecular weight is 480 g/mol. The van der Waals surface area contributed by atoms with Gasteiger partial charge in [0.15, 0.2) is 0 Å². The van der Waals surface area contributed by atoms with Gasteiger partial charge >= 0.3 is 0 Å². The Bertz CT molecular complexity index is 1120. The van der Waals surface area contributed by atoms with Crippen LogP contribution in [0.3, 0.4) is 0 Å². The number of halogens is 1. The van der Waals surface area contributed by atoms with Crippen molar-refractivity contribution in [3.63, 3.8) is 0 Å². The lowest BCUT2D eigenvalue weighted by Gasteiger charge is -2.40. The lowest BCUT2D eigenvalue weighted by atomic mass is 9.66. The summed E-state index contributed by atoms with van der Waals surface area (Å²) in [4.78, 5) is 32.8. The Morgan fingerprint density at radius 2 is 2.00 bits per heavy atom. The number of amides is 1. The van der Waals surface area contributed by atoms with E-state index in [9.17, 15) is 14.4 Å². The lowest BCUT2D eigenvalue weighted by molar-refractivity contribution is -0.140. The van der Waals surface area contributed by atoms with Gasteiger partial charge in [-0.1, -0.05) is 6.42 Å². The first kappa shape index (κ1) is 24.8. The van der Waals surface area contributed by atoms with Gasteiger partial charge in [0.1, 0.15) is 30.5 Å². The number of alkyl halides is 1. The quantitative estimate of drug-likeness (QED) is 0.537. The minimum absolute atomic E-state index is 0.0415. The Hall–Kier alpha value is -3.28. The van der Waals surface area contributed by atoms with Gasteiger partial charge in [-0.05, 0) is 52.7 Å². The van der Waals surface area contributed by atoms with E-state index in [1.165, 1.54) is 0 Å². The van der Waals surface area contributed by atoms with E-state index in [1.54, 1.807) is 43.4 Å². The summed E-state index contributed by atoms with van der Waals surface area (Å²) < 4.78 is 13.5. The lowest BCUT2D eigenvalue weighted by Crippen LogP contribution is -2.46. The summed E-state index contributed by atoms with van der Waals surface area (Å²) in [5, 5.41) is 9.36. The van der Waals surface area contributed by atoms with Crippen LogP contribution in [0.4, 0.5) is 21.8 Å². The van der Waals surface area contributed by atoms with Crippen LogP contribution in [0.2, 0.25) is 0 Å². The fourth-order valence-corrected chi connectivity index (χ4v) is 5.12. The van der Waals surface area contributed by atoms with Crippen LogP contribution in [-0.2, 0) is 10.2 Å². The van der Waals surface area contributed by atoms with Gasteiger partial charge in [0, 0.05) is 49.9 Å². The number of anilines is 3. The molecule has 8 nitrogen and oxygen atoms in total. The van der Waals surface area contributed by atoms with Crippen molar-refractivity contribution in [1.29, 1.82) is 5.26 Å². The molecule has 186 valence electrons. The van der Waals surface area contributed by atoms with Gasteiger partial charge in [0.25, 0.3) is 0 Å². The van der Waals surface area contributed by atoms with Crippen molar-refractivity contribution in [1.82, 2.24) is 19.9 Å². The zero-order valence-corrected chi connectivity index (χ0v) is 21.1. The zero-order valence-electron chi connectivity index (χ0n) is 21.1. The fourth-order valence-electron chi connectivity index (χ4n) is 5.12. The van der Waals surface area contributed by atoms with Crippen molar-refractivity contribution in [2.45, 2.75) is 52.4 Å². The molecule has 1 fully saturated rings. The van der Waals surface area contributed by atoms with Crippen LogP contribution >= 0.6 is 0 Å². The molecule has 0 atom stereocenters. The molecular weight excluding hydrogens is 445 g/mol. The van der Waals surface area contributed by atoms with E-state index in [1.807, 2.05) is 6.92 Å². The summed E-state index contributed by atoms with van der Waals surface area (Å²) in [6.45, 7) is 9.73. The first-order chi connectivity index (χ1) is 16.8. The topological polar surface area (TPSA) is 89.2 Å². The predicted octanol–water partition coefficient (Wildman–Crippen LogP) is 3.99. The molecule has 3 heterocycles. The Balaban J connectivity index is 1.65. The minimum Gasteiger partial charge on any atom is -0.355 e. The Labute approximate surface area is 206 Å². The highest BCUT2D eigenvalue weighted by Crippen LogP contribution is 2.56. The van der Waals surface area contributed by atoms with E-state index in [0.717, 1.165) is 55.4 Å². The normalized spacial score (nSPS) is 15.9. The molecule has 9 heteroatoms. The number of carbonyl (C=O) groups excluding carboxylic acids is 1. The molecular formula is C26H34FN7O. The van der Waals surface area contributed by atoms with Gasteiger partial charge in [-0.25, -0.2) is 19.3 Å². The molecule has 0 unspecified atom stereocenters. The number of aromatic nitrogens is 3. The number of hydrogen-bond acceptors (Lipinski definition) is 7. The molecule has 0 radical (unpaired) electrons. The number of likely N-dealkylation sites (N-methyl/N-ethyl adjacent to an activating group) is 2. The standard InChI is InChI=1S/C26H34FN7O/c1-5-32(12-13-33(6-2)24(35)25(3,4)16-27)22-21-23(31-18-30-22)34(17-26(21)9-7-10-26)20-14-19(15-28)8-11-29-20/h8,11,14,18H,5-7,9-10,12-13,16-17H2,1-4H3. The van der Waals surface area contributed by atoms with E-state index in [4.69, 9.17) is 4.98 Å². The molecule has 1 saturated carbocycles. The SMILES string of the molecule is CCN(CCN(CC)c1ncnc2c1C1(CCC1)CN2c1cc(C#N)ccn1)C(=O)C(C)(C)CF. The third-order valence-electron chi connectivity index (χ3n) is 7.42. The van der Waals surface area contributed by atoms with Crippen molar-refractivity contribution >= 4 is 23.4 Å². The molecule has 0 bridgehead atoms. The van der Waals surface area contributed by atoms with Crippen molar-refractivity contribution < 1.29 is 9.18 Å². The van der Waals surface area contributed by atoms with Gasteiger partial charge in [-0.2, -0.15) is 5.26 Å². The molecule has 2 aromatic heterocycles. The van der Waals surface area contributed by atoms with Crippen molar-refractivity contribution in [3.05, 3.63) is 35.8 Å². The van der Waals surface area contributed by atoms with Crippen LogP contribution < -0.4 is 9.80 Å². The fraction of sp³-hybridized carbons (Fsp3) is 0.577. The minimum atomic E-state index is -1.02. The molecule has 1 spiro atoms. The molecule has 35 heavy (non-hydrogen) atoms. The zero-order chi connectivity index (χ0) is 25.2. The van der Waals surface area contributed by atoms with Crippen LogP contribution in [0.1, 0.15) is 58.1 Å². The van der Waals surface area contributed by atoms with E-state index < -0.39 is 12.1 Å². The number of carbonyl (C=O) groups is 1. The molecule has 4 rings (SSSR count). The molecule has 0 aromatic carbocycles. The molecule has 2 aliphatic rings. The van der Waals surface area contributed by atoms with Crippen molar-refractivity contribution in [2.24, 2.45) is 5.41 Å². The number of fused-ring (bicyclic) bond motifs is 2. The van der Waals surface area contributed by atoms with E-state index in [0.29, 0.717) is 25.2 Å².